The molecule has 0 bridgehead atoms. The van der Waals surface area contributed by atoms with Crippen molar-refractivity contribution in [3.8, 4) is 0 Å². The maximum atomic E-state index is 12.3. The molecule has 1 aromatic rings. The Kier molecular flexibility index (Phi) is 7.72. The third-order valence-corrected chi connectivity index (χ3v) is 4.78. The summed E-state index contributed by atoms with van der Waals surface area (Å²) in [5, 5.41) is 3.55. The number of methoxy groups -OCH3 is 1. The van der Waals surface area contributed by atoms with Crippen molar-refractivity contribution in [1.82, 2.24) is 10.2 Å². The Labute approximate surface area is 160 Å². The molecular weight excluding hydrogens is 354 g/mol. The van der Waals surface area contributed by atoms with Crippen molar-refractivity contribution >= 4 is 29.2 Å². The number of nitrogens with zero attached hydrogens (tertiary/aromatic N) is 2. The molecule has 1 fully saturated rings. The lowest BCUT2D eigenvalue weighted by molar-refractivity contribution is -0.145. The fourth-order valence-electron chi connectivity index (χ4n) is 3.13. The van der Waals surface area contributed by atoms with Crippen LogP contribution in [0.5, 0.6) is 0 Å². The van der Waals surface area contributed by atoms with Gasteiger partial charge in [-0.3, -0.25) is 9.69 Å². The van der Waals surface area contributed by atoms with Gasteiger partial charge in [-0.1, -0.05) is 37.6 Å². The molecule has 0 aromatic heterocycles. The van der Waals surface area contributed by atoms with E-state index in [4.69, 9.17) is 16.3 Å². The predicted molar refractivity (Wildman–Crippen MR) is 104 cm³/mol. The molecule has 1 aliphatic heterocycles. The van der Waals surface area contributed by atoms with Gasteiger partial charge in [0.1, 0.15) is 6.04 Å². The summed E-state index contributed by atoms with van der Waals surface area (Å²) in [5.74, 6) is -0.249. The van der Waals surface area contributed by atoms with E-state index < -0.39 is 12.0 Å². The molecule has 1 N–H and O–H groups in total. The Balaban J connectivity index is 1.83. The van der Waals surface area contributed by atoms with Crippen LogP contribution in [0.4, 0.5) is 5.69 Å². The van der Waals surface area contributed by atoms with Crippen LogP contribution in [0.3, 0.4) is 0 Å². The van der Waals surface area contributed by atoms with Crippen LogP contribution in [0.1, 0.15) is 20.3 Å². The van der Waals surface area contributed by atoms with Crippen molar-refractivity contribution in [3.05, 3.63) is 29.3 Å². The number of esters is 1. The third kappa shape index (κ3) is 5.88. The van der Waals surface area contributed by atoms with Gasteiger partial charge >= 0.3 is 5.97 Å². The number of rotatable bonds is 7. The molecule has 0 saturated carbocycles. The van der Waals surface area contributed by atoms with E-state index >= 15 is 0 Å². The van der Waals surface area contributed by atoms with E-state index in [1.807, 2.05) is 38.1 Å². The van der Waals surface area contributed by atoms with Crippen LogP contribution >= 0.6 is 11.6 Å². The number of nitrogens with one attached hydrogen (secondary N) is 1. The zero-order valence-electron chi connectivity index (χ0n) is 15.7. The first-order valence-corrected chi connectivity index (χ1v) is 9.37. The molecule has 1 amide bonds. The van der Waals surface area contributed by atoms with Crippen LogP contribution < -0.4 is 10.2 Å². The van der Waals surface area contributed by atoms with Crippen LogP contribution in [0, 0.1) is 5.92 Å². The first-order valence-electron chi connectivity index (χ1n) is 8.99. The normalized spacial score (nSPS) is 16.4. The van der Waals surface area contributed by atoms with Crippen LogP contribution in [-0.4, -0.2) is 62.7 Å². The average Bonchev–Trinajstić information content (AvgIpc) is 2.61. The second kappa shape index (κ2) is 9.78. The van der Waals surface area contributed by atoms with Crippen molar-refractivity contribution in [1.29, 1.82) is 0 Å². The Morgan fingerprint density at radius 1 is 1.19 bits per heavy atom. The average molecular weight is 382 g/mol. The van der Waals surface area contributed by atoms with Gasteiger partial charge in [-0.25, -0.2) is 4.79 Å². The second-order valence-electron chi connectivity index (χ2n) is 6.99. The van der Waals surface area contributed by atoms with Gasteiger partial charge in [-0.15, -0.1) is 0 Å². The lowest BCUT2D eigenvalue weighted by Gasteiger charge is -2.36. The molecular formula is C19H28ClN3O3. The molecule has 144 valence electrons. The molecule has 0 spiro atoms. The number of benzene rings is 1. The summed E-state index contributed by atoms with van der Waals surface area (Å²) in [5.41, 5.74) is 1.03. The SMILES string of the molecule is COC(=O)[C@@H](CC(C)C)NC(=O)CN1CCN(c2ccccc2Cl)CC1. The van der Waals surface area contributed by atoms with Gasteiger partial charge in [0.05, 0.1) is 24.4 Å². The lowest BCUT2D eigenvalue weighted by atomic mass is 10.0. The number of piperazine rings is 1. The number of ether oxygens (including phenoxy) is 1. The van der Waals surface area contributed by atoms with Crippen LogP contribution in [0.25, 0.3) is 0 Å². The molecule has 1 aromatic carbocycles. The fraction of sp³-hybridized carbons (Fsp3) is 0.579. The Morgan fingerprint density at radius 3 is 2.42 bits per heavy atom. The van der Waals surface area contributed by atoms with Crippen molar-refractivity contribution in [2.75, 3.05) is 44.7 Å². The van der Waals surface area contributed by atoms with E-state index in [0.717, 1.165) is 36.9 Å². The minimum atomic E-state index is -0.586. The van der Waals surface area contributed by atoms with Crippen LogP contribution in [-0.2, 0) is 14.3 Å². The highest BCUT2D eigenvalue weighted by atomic mass is 35.5. The maximum absolute atomic E-state index is 12.3. The Bertz CT molecular complexity index is 616. The molecule has 0 radical (unpaired) electrons. The van der Waals surface area contributed by atoms with Crippen molar-refractivity contribution < 1.29 is 14.3 Å². The highest BCUT2D eigenvalue weighted by Crippen LogP contribution is 2.25. The molecule has 1 aliphatic rings. The standard InChI is InChI=1S/C19H28ClN3O3/c1-14(2)12-16(19(25)26-3)21-18(24)13-22-8-10-23(11-9-22)17-7-5-4-6-15(17)20/h4-7,14,16H,8-13H2,1-3H3,(H,21,24)/t16-/m1/s1. The van der Waals surface area contributed by atoms with Crippen LogP contribution in [0.15, 0.2) is 24.3 Å². The molecule has 1 heterocycles. The van der Waals surface area contributed by atoms with E-state index in [9.17, 15) is 9.59 Å². The number of amides is 1. The minimum Gasteiger partial charge on any atom is -0.467 e. The summed E-state index contributed by atoms with van der Waals surface area (Å²) in [6.45, 7) is 7.46. The van der Waals surface area contributed by atoms with Gasteiger partial charge in [0.2, 0.25) is 5.91 Å². The topological polar surface area (TPSA) is 61.9 Å². The molecule has 1 saturated heterocycles. The van der Waals surface area contributed by atoms with Gasteiger partial charge in [0, 0.05) is 26.2 Å². The quantitative estimate of drug-likeness (QED) is 0.733. The molecule has 2 rings (SSSR count). The number of hydrogen-bond donors (Lipinski definition) is 1. The second-order valence-corrected chi connectivity index (χ2v) is 7.39. The summed E-state index contributed by atoms with van der Waals surface area (Å²) in [6, 6.07) is 7.21. The highest BCUT2D eigenvalue weighted by Gasteiger charge is 2.25. The number of para-hydroxylation sites is 1. The first-order chi connectivity index (χ1) is 12.4. The van der Waals surface area contributed by atoms with E-state index in [1.165, 1.54) is 7.11 Å². The molecule has 26 heavy (non-hydrogen) atoms. The smallest absolute Gasteiger partial charge is 0.328 e. The van der Waals surface area contributed by atoms with Gasteiger partial charge in [-0.05, 0) is 24.5 Å². The number of carbonyl (C=O) groups is 2. The largest absolute Gasteiger partial charge is 0.467 e. The molecule has 0 unspecified atom stereocenters. The zero-order chi connectivity index (χ0) is 19.1. The van der Waals surface area contributed by atoms with E-state index in [2.05, 4.69) is 15.1 Å². The fourth-order valence-corrected chi connectivity index (χ4v) is 3.38. The number of carbonyl (C=O) groups excluding carboxylic acids is 2. The summed E-state index contributed by atoms with van der Waals surface area (Å²) in [7, 11) is 1.34. The summed E-state index contributed by atoms with van der Waals surface area (Å²) in [6.07, 6.45) is 0.568. The number of anilines is 1. The van der Waals surface area contributed by atoms with Crippen LogP contribution in [0.2, 0.25) is 5.02 Å². The number of hydrogen-bond acceptors (Lipinski definition) is 5. The Morgan fingerprint density at radius 2 is 1.85 bits per heavy atom. The molecule has 6 nitrogen and oxygen atoms in total. The van der Waals surface area contributed by atoms with Gasteiger partial charge in [-0.2, -0.15) is 0 Å². The van der Waals surface area contributed by atoms with Gasteiger partial charge in [0.25, 0.3) is 0 Å². The monoisotopic (exact) mass is 381 g/mol. The van der Waals surface area contributed by atoms with Crippen molar-refractivity contribution in [3.63, 3.8) is 0 Å². The van der Waals surface area contributed by atoms with E-state index in [-0.39, 0.29) is 12.5 Å². The van der Waals surface area contributed by atoms with Gasteiger partial charge < -0.3 is 15.0 Å². The van der Waals surface area contributed by atoms with E-state index in [0.29, 0.717) is 12.3 Å². The Hall–Kier alpha value is -1.79. The number of halogens is 1. The van der Waals surface area contributed by atoms with E-state index in [1.54, 1.807) is 0 Å². The summed E-state index contributed by atoms with van der Waals surface area (Å²) >= 11 is 6.26. The third-order valence-electron chi connectivity index (χ3n) is 4.46. The summed E-state index contributed by atoms with van der Waals surface area (Å²) < 4.78 is 4.79. The lowest BCUT2D eigenvalue weighted by Crippen LogP contribution is -2.51. The first kappa shape index (κ1) is 20.5. The molecule has 1 atom stereocenters. The predicted octanol–water partition coefficient (Wildman–Crippen LogP) is 2.17. The summed E-state index contributed by atoms with van der Waals surface area (Å²) in [4.78, 5) is 28.5. The van der Waals surface area contributed by atoms with Crippen molar-refractivity contribution in [2.24, 2.45) is 5.92 Å². The maximum Gasteiger partial charge on any atom is 0.328 e. The van der Waals surface area contributed by atoms with Gasteiger partial charge in [0.15, 0.2) is 0 Å². The molecule has 0 aliphatic carbocycles. The molecule has 7 heteroatoms. The highest BCUT2D eigenvalue weighted by molar-refractivity contribution is 6.33. The minimum absolute atomic E-state index is 0.146. The zero-order valence-corrected chi connectivity index (χ0v) is 16.5. The van der Waals surface area contributed by atoms with Crippen molar-refractivity contribution in [2.45, 2.75) is 26.3 Å².